The van der Waals surface area contributed by atoms with Crippen molar-refractivity contribution in [2.45, 2.75) is 35.2 Å². The van der Waals surface area contributed by atoms with Gasteiger partial charge in [0.05, 0.1) is 26.7 Å². The monoisotopic (exact) mass is 491 g/mol. The highest BCUT2D eigenvalue weighted by atomic mass is 32.2. The second-order valence-electron chi connectivity index (χ2n) is 7.64. The largest absolute Gasteiger partial charge is 0.416 e. The smallest absolute Gasteiger partial charge is 0.370 e. The van der Waals surface area contributed by atoms with Gasteiger partial charge in [-0.1, -0.05) is 0 Å². The molecule has 0 unspecified atom stereocenters. The fraction of sp³-hybridized carbons (Fsp3) is 0.400. The predicted octanol–water partition coefficient (Wildman–Crippen LogP) is 3.75. The van der Waals surface area contributed by atoms with Crippen LogP contribution < -0.4 is 9.62 Å². The van der Waals surface area contributed by atoms with Gasteiger partial charge in [0.25, 0.3) is 10.0 Å². The second-order valence-corrected chi connectivity index (χ2v) is 11.5. The van der Waals surface area contributed by atoms with Gasteiger partial charge < -0.3 is 4.90 Å². The molecule has 3 rings (SSSR count). The molecule has 1 aliphatic rings. The number of benzene rings is 2. The third kappa shape index (κ3) is 5.18. The first-order valence-corrected chi connectivity index (χ1v) is 12.8. The lowest BCUT2D eigenvalue weighted by molar-refractivity contribution is -0.137. The van der Waals surface area contributed by atoms with Gasteiger partial charge in [0.15, 0.2) is 0 Å². The molecule has 0 aliphatic carbocycles. The second kappa shape index (κ2) is 8.91. The Labute approximate surface area is 185 Å². The summed E-state index contributed by atoms with van der Waals surface area (Å²) in [5, 5.41) is 0. The summed E-state index contributed by atoms with van der Waals surface area (Å²) in [4.78, 5) is 1.49. The summed E-state index contributed by atoms with van der Waals surface area (Å²) in [5.74, 6) is 0. The summed E-state index contributed by atoms with van der Waals surface area (Å²) in [6.07, 6.45) is -1.92. The van der Waals surface area contributed by atoms with Crippen molar-refractivity contribution in [3.8, 4) is 0 Å². The Morgan fingerprint density at radius 1 is 0.875 bits per heavy atom. The third-order valence-corrected chi connectivity index (χ3v) is 8.39. The molecule has 7 nitrogen and oxygen atoms in total. The van der Waals surface area contributed by atoms with E-state index in [1.165, 1.54) is 20.2 Å². The van der Waals surface area contributed by atoms with Crippen molar-refractivity contribution < 1.29 is 30.0 Å². The summed E-state index contributed by atoms with van der Waals surface area (Å²) in [6, 6.07) is 7.48. The van der Waals surface area contributed by atoms with Crippen molar-refractivity contribution in [1.29, 1.82) is 0 Å². The molecule has 1 heterocycles. The predicted molar refractivity (Wildman–Crippen MR) is 116 cm³/mol. The summed E-state index contributed by atoms with van der Waals surface area (Å²) in [5.41, 5.74) is -0.775. The van der Waals surface area contributed by atoms with Crippen LogP contribution in [0.15, 0.2) is 52.3 Å². The number of rotatable bonds is 6. The number of hydrogen-bond acceptors (Lipinski definition) is 5. The van der Waals surface area contributed by atoms with Crippen LogP contribution in [0.2, 0.25) is 0 Å². The average Bonchev–Trinajstić information content (AvgIpc) is 2.73. The molecule has 0 spiro atoms. The highest BCUT2D eigenvalue weighted by Gasteiger charge is 2.32. The van der Waals surface area contributed by atoms with Crippen LogP contribution >= 0.6 is 0 Å². The first-order chi connectivity index (χ1) is 14.8. The highest BCUT2D eigenvalue weighted by molar-refractivity contribution is 7.92. The molecule has 1 fully saturated rings. The maximum atomic E-state index is 13.3. The quantitative estimate of drug-likeness (QED) is 0.665. The topological polar surface area (TPSA) is 86.8 Å². The van der Waals surface area contributed by atoms with E-state index in [9.17, 15) is 30.0 Å². The van der Waals surface area contributed by atoms with Crippen LogP contribution in [-0.2, 0) is 26.2 Å². The molecule has 1 saturated heterocycles. The van der Waals surface area contributed by atoms with E-state index in [0.29, 0.717) is 18.8 Å². The molecule has 0 radical (unpaired) electrons. The molecule has 1 aliphatic heterocycles. The van der Waals surface area contributed by atoms with Crippen molar-refractivity contribution in [3.05, 3.63) is 48.0 Å². The fourth-order valence-corrected chi connectivity index (χ4v) is 5.38. The van der Waals surface area contributed by atoms with Crippen LogP contribution in [0.1, 0.15) is 24.8 Å². The summed E-state index contributed by atoms with van der Waals surface area (Å²) >= 11 is 0. The van der Waals surface area contributed by atoms with Gasteiger partial charge in [0, 0.05) is 27.2 Å². The zero-order valence-corrected chi connectivity index (χ0v) is 19.2. The van der Waals surface area contributed by atoms with E-state index in [1.807, 2.05) is 4.90 Å². The number of nitrogens with zero attached hydrogens (tertiary/aromatic N) is 2. The van der Waals surface area contributed by atoms with Gasteiger partial charge in [0.1, 0.15) is 0 Å². The van der Waals surface area contributed by atoms with Crippen molar-refractivity contribution in [2.75, 3.05) is 36.8 Å². The molecule has 0 aromatic heterocycles. The van der Waals surface area contributed by atoms with Gasteiger partial charge in [-0.05, 0) is 61.7 Å². The van der Waals surface area contributed by atoms with Crippen LogP contribution in [0.25, 0.3) is 0 Å². The Balaban J connectivity index is 1.98. The van der Waals surface area contributed by atoms with Crippen LogP contribution in [-0.4, -0.2) is 48.3 Å². The van der Waals surface area contributed by atoms with E-state index in [2.05, 4.69) is 4.72 Å². The standard InChI is InChI=1S/C20H24F3N3O4S2/c1-25(2)32(29,30)17-9-7-16(8-10-17)31(27,28)24-18-14-15(20(21,22)23)6-11-19(18)26-12-4-3-5-13-26/h6-11,14,24H,3-5,12-13H2,1-2H3. The van der Waals surface area contributed by atoms with Gasteiger partial charge in [0.2, 0.25) is 10.0 Å². The van der Waals surface area contributed by atoms with Crippen molar-refractivity contribution in [1.82, 2.24) is 4.31 Å². The number of sulfonamides is 2. The molecule has 1 N–H and O–H groups in total. The minimum Gasteiger partial charge on any atom is -0.370 e. The molecular formula is C20H24F3N3O4S2. The number of halogens is 3. The lowest BCUT2D eigenvalue weighted by atomic mass is 10.1. The lowest BCUT2D eigenvalue weighted by Gasteiger charge is -2.31. The zero-order valence-electron chi connectivity index (χ0n) is 17.6. The molecule has 2 aromatic carbocycles. The molecule has 32 heavy (non-hydrogen) atoms. The Morgan fingerprint density at radius 3 is 1.97 bits per heavy atom. The van der Waals surface area contributed by atoms with Crippen molar-refractivity contribution >= 4 is 31.4 Å². The first kappa shape index (κ1) is 24.3. The van der Waals surface area contributed by atoms with Crippen LogP contribution in [0, 0.1) is 0 Å². The molecule has 12 heteroatoms. The summed E-state index contributed by atoms with van der Waals surface area (Å²) in [7, 11) is -5.34. The maximum absolute atomic E-state index is 13.3. The molecule has 0 atom stereocenters. The van der Waals surface area contributed by atoms with Gasteiger partial charge in [-0.15, -0.1) is 0 Å². The number of piperidine rings is 1. The third-order valence-electron chi connectivity index (χ3n) is 5.18. The van der Waals surface area contributed by atoms with Crippen LogP contribution in [0.4, 0.5) is 24.5 Å². The summed E-state index contributed by atoms with van der Waals surface area (Å²) in [6.45, 7) is 1.22. The average molecular weight is 492 g/mol. The fourth-order valence-electron chi connectivity index (χ4n) is 3.41. The molecule has 0 bridgehead atoms. The Hall–Kier alpha value is -2.31. The molecule has 0 amide bonds. The maximum Gasteiger partial charge on any atom is 0.416 e. The summed E-state index contributed by atoms with van der Waals surface area (Å²) < 4.78 is 93.3. The SMILES string of the molecule is CN(C)S(=O)(=O)c1ccc(S(=O)(=O)Nc2cc(C(F)(F)F)ccc2N2CCCCC2)cc1. The number of nitrogens with one attached hydrogen (secondary N) is 1. The van der Waals surface area contributed by atoms with Crippen molar-refractivity contribution in [2.24, 2.45) is 0 Å². The number of alkyl halides is 3. The minimum absolute atomic E-state index is 0.102. The van der Waals surface area contributed by atoms with E-state index in [0.717, 1.165) is 60.0 Å². The number of anilines is 2. The normalized spacial score (nSPS) is 15.8. The number of hydrogen-bond donors (Lipinski definition) is 1. The van der Waals surface area contributed by atoms with E-state index in [4.69, 9.17) is 0 Å². The van der Waals surface area contributed by atoms with E-state index >= 15 is 0 Å². The molecular weight excluding hydrogens is 467 g/mol. The molecule has 176 valence electrons. The highest BCUT2D eigenvalue weighted by Crippen LogP contribution is 2.37. The van der Waals surface area contributed by atoms with Crippen molar-refractivity contribution in [3.63, 3.8) is 0 Å². The Morgan fingerprint density at radius 2 is 1.44 bits per heavy atom. The van der Waals surface area contributed by atoms with Gasteiger partial charge in [-0.3, -0.25) is 4.72 Å². The zero-order chi connectivity index (χ0) is 23.7. The van der Waals surface area contributed by atoms with Gasteiger partial charge in [-0.2, -0.15) is 13.2 Å². The van der Waals surface area contributed by atoms with E-state index in [-0.39, 0.29) is 15.5 Å². The minimum atomic E-state index is -4.64. The van der Waals surface area contributed by atoms with Crippen LogP contribution in [0.3, 0.4) is 0 Å². The van der Waals surface area contributed by atoms with E-state index < -0.39 is 31.8 Å². The Kier molecular flexibility index (Phi) is 6.78. The van der Waals surface area contributed by atoms with E-state index in [1.54, 1.807) is 0 Å². The lowest BCUT2D eigenvalue weighted by Crippen LogP contribution is -2.30. The van der Waals surface area contributed by atoms with Crippen LogP contribution in [0.5, 0.6) is 0 Å². The first-order valence-electron chi connectivity index (χ1n) is 9.84. The van der Waals surface area contributed by atoms with Gasteiger partial charge in [-0.25, -0.2) is 21.1 Å². The van der Waals surface area contributed by atoms with Gasteiger partial charge >= 0.3 is 6.18 Å². The Bertz CT molecular complexity index is 1170. The molecule has 0 saturated carbocycles. The molecule has 2 aromatic rings.